The van der Waals surface area contributed by atoms with Crippen LogP contribution in [0.2, 0.25) is 0 Å². The van der Waals surface area contributed by atoms with Gasteiger partial charge in [-0.05, 0) is 25.8 Å². The molecule has 1 aromatic heterocycles. The summed E-state index contributed by atoms with van der Waals surface area (Å²) >= 11 is 1.81. The van der Waals surface area contributed by atoms with Gasteiger partial charge < -0.3 is 0 Å². The highest BCUT2D eigenvalue weighted by atomic mass is 32.1. The normalized spacial score (nSPS) is 18.1. The van der Waals surface area contributed by atoms with E-state index in [4.69, 9.17) is 0 Å². The molecule has 0 aromatic carbocycles. The lowest BCUT2D eigenvalue weighted by Crippen LogP contribution is -1.97. The molecular formula is C14H22N2S. The third kappa shape index (κ3) is 4.82. The molecule has 0 amide bonds. The molecular weight excluding hydrogens is 228 g/mol. The largest absolute Gasteiger partial charge is 0.293 e. The van der Waals surface area contributed by atoms with Crippen LogP contribution < -0.4 is 0 Å². The molecule has 0 radical (unpaired) electrons. The van der Waals surface area contributed by atoms with E-state index in [1.165, 1.54) is 15.6 Å². The van der Waals surface area contributed by atoms with Crippen molar-refractivity contribution in [1.29, 1.82) is 0 Å². The van der Waals surface area contributed by atoms with Crippen molar-refractivity contribution >= 4 is 17.6 Å². The van der Waals surface area contributed by atoms with Crippen LogP contribution in [-0.2, 0) is 0 Å². The Labute approximate surface area is 109 Å². The standard InChI is InChI=1S/C8H13NS.C6H9N/c1-5(2)8-9-6(3)7(4)10-8;1-6-3-2-4-7-5-6/h5H,1-4H3;2-4,6H,5H2,1H3. The highest BCUT2D eigenvalue weighted by molar-refractivity contribution is 7.11. The van der Waals surface area contributed by atoms with E-state index in [0.29, 0.717) is 11.8 Å². The van der Waals surface area contributed by atoms with Crippen LogP contribution in [0.25, 0.3) is 0 Å². The molecule has 1 atom stereocenters. The SMILES string of the molecule is CC1C=CC=NC1.Cc1nc(C(C)C)sc1C. The number of aryl methyl sites for hydroxylation is 2. The second kappa shape index (κ2) is 6.70. The minimum absolute atomic E-state index is 0.581. The number of hydrogen-bond donors (Lipinski definition) is 0. The molecule has 0 saturated heterocycles. The highest BCUT2D eigenvalue weighted by Crippen LogP contribution is 2.22. The van der Waals surface area contributed by atoms with E-state index in [9.17, 15) is 0 Å². The van der Waals surface area contributed by atoms with Gasteiger partial charge in [-0.3, -0.25) is 4.99 Å². The lowest BCUT2D eigenvalue weighted by molar-refractivity contribution is 0.737. The highest BCUT2D eigenvalue weighted by Gasteiger charge is 2.05. The molecule has 0 saturated carbocycles. The fraction of sp³-hybridized carbons (Fsp3) is 0.571. The minimum Gasteiger partial charge on any atom is -0.293 e. The first kappa shape index (κ1) is 14.1. The molecule has 0 aliphatic carbocycles. The van der Waals surface area contributed by atoms with Gasteiger partial charge in [-0.15, -0.1) is 11.3 Å². The van der Waals surface area contributed by atoms with Crippen LogP contribution in [0.15, 0.2) is 17.1 Å². The van der Waals surface area contributed by atoms with Gasteiger partial charge >= 0.3 is 0 Å². The Morgan fingerprint density at radius 3 is 2.29 bits per heavy atom. The van der Waals surface area contributed by atoms with Crippen molar-refractivity contribution in [2.45, 2.75) is 40.5 Å². The predicted octanol–water partition coefficient (Wildman–Crippen LogP) is 4.15. The molecule has 94 valence electrons. The van der Waals surface area contributed by atoms with Crippen LogP contribution in [0.3, 0.4) is 0 Å². The van der Waals surface area contributed by atoms with Crippen LogP contribution in [0.4, 0.5) is 0 Å². The quantitative estimate of drug-likeness (QED) is 0.735. The fourth-order valence-electron chi connectivity index (χ4n) is 1.33. The Kier molecular flexibility index (Phi) is 5.56. The van der Waals surface area contributed by atoms with Crippen LogP contribution in [0.1, 0.15) is 42.3 Å². The van der Waals surface area contributed by atoms with Crippen LogP contribution in [0, 0.1) is 19.8 Å². The predicted molar refractivity (Wildman–Crippen MR) is 77.3 cm³/mol. The first-order valence-corrected chi connectivity index (χ1v) is 6.93. The number of aliphatic imine (C=N–C) groups is 1. The molecule has 1 aliphatic heterocycles. The van der Waals surface area contributed by atoms with Crippen molar-refractivity contribution in [3.8, 4) is 0 Å². The molecule has 1 aliphatic rings. The van der Waals surface area contributed by atoms with Crippen molar-refractivity contribution in [2.75, 3.05) is 6.54 Å². The van der Waals surface area contributed by atoms with Crippen LogP contribution in [0.5, 0.6) is 0 Å². The Morgan fingerprint density at radius 1 is 1.35 bits per heavy atom. The molecule has 3 heteroatoms. The molecule has 0 bridgehead atoms. The van der Waals surface area contributed by atoms with E-state index in [1.807, 2.05) is 23.6 Å². The summed E-state index contributed by atoms with van der Waals surface area (Å²) in [6.45, 7) is 11.7. The molecule has 0 fully saturated rings. The van der Waals surface area contributed by atoms with E-state index < -0.39 is 0 Å². The number of aromatic nitrogens is 1. The summed E-state index contributed by atoms with van der Waals surface area (Å²) in [5, 5.41) is 1.26. The van der Waals surface area contributed by atoms with Crippen molar-refractivity contribution < 1.29 is 0 Å². The summed E-state index contributed by atoms with van der Waals surface area (Å²) in [4.78, 5) is 9.83. The Bertz CT molecular complexity index is 383. The smallest absolute Gasteiger partial charge is 0.0956 e. The van der Waals surface area contributed by atoms with Crippen molar-refractivity contribution in [2.24, 2.45) is 10.9 Å². The van der Waals surface area contributed by atoms with Gasteiger partial charge in [0.05, 0.1) is 10.7 Å². The molecule has 2 heterocycles. The van der Waals surface area contributed by atoms with Gasteiger partial charge in [0.25, 0.3) is 0 Å². The number of hydrogen-bond acceptors (Lipinski definition) is 3. The topological polar surface area (TPSA) is 25.2 Å². The average Bonchev–Trinajstić information content (AvgIpc) is 2.61. The maximum atomic E-state index is 4.43. The zero-order valence-corrected chi connectivity index (χ0v) is 12.2. The van der Waals surface area contributed by atoms with Gasteiger partial charge in [-0.25, -0.2) is 4.98 Å². The second-order valence-corrected chi connectivity index (χ2v) is 5.96. The Hall–Kier alpha value is -0.960. The average molecular weight is 250 g/mol. The van der Waals surface area contributed by atoms with Gasteiger partial charge in [-0.1, -0.05) is 26.8 Å². The number of allylic oxidation sites excluding steroid dienone is 1. The number of thiazole rings is 1. The third-order valence-electron chi connectivity index (χ3n) is 2.56. The van der Waals surface area contributed by atoms with Crippen molar-refractivity contribution in [3.05, 3.63) is 27.7 Å². The zero-order valence-electron chi connectivity index (χ0n) is 11.4. The van der Waals surface area contributed by atoms with Gasteiger partial charge in [0.15, 0.2) is 0 Å². The Morgan fingerprint density at radius 2 is 2.06 bits per heavy atom. The molecule has 2 rings (SSSR count). The maximum absolute atomic E-state index is 4.43. The first-order valence-electron chi connectivity index (χ1n) is 6.11. The summed E-state index contributed by atoms with van der Waals surface area (Å²) in [7, 11) is 0. The van der Waals surface area contributed by atoms with Gasteiger partial charge in [0.1, 0.15) is 0 Å². The molecule has 0 spiro atoms. The van der Waals surface area contributed by atoms with E-state index >= 15 is 0 Å². The lowest BCUT2D eigenvalue weighted by atomic mass is 10.1. The minimum atomic E-state index is 0.581. The number of dihydropyridines is 1. The molecule has 1 unspecified atom stereocenters. The summed E-state index contributed by atoms with van der Waals surface area (Å²) < 4.78 is 0. The Balaban J connectivity index is 0.000000181. The van der Waals surface area contributed by atoms with Gasteiger partial charge in [0, 0.05) is 23.6 Å². The van der Waals surface area contributed by atoms with Crippen molar-refractivity contribution in [3.63, 3.8) is 0 Å². The summed E-state index contributed by atoms with van der Waals surface area (Å²) in [6.07, 6.45) is 6.00. The summed E-state index contributed by atoms with van der Waals surface area (Å²) in [5.74, 6) is 1.24. The molecule has 1 aromatic rings. The van der Waals surface area contributed by atoms with Gasteiger partial charge in [0.2, 0.25) is 0 Å². The monoisotopic (exact) mass is 250 g/mol. The summed E-state index contributed by atoms with van der Waals surface area (Å²) in [5.41, 5.74) is 1.19. The van der Waals surface area contributed by atoms with E-state index in [2.05, 4.69) is 50.7 Å². The molecule has 17 heavy (non-hydrogen) atoms. The van der Waals surface area contributed by atoms with Crippen LogP contribution in [-0.4, -0.2) is 17.7 Å². The number of nitrogens with zero attached hydrogens (tertiary/aromatic N) is 2. The van der Waals surface area contributed by atoms with E-state index in [1.54, 1.807) is 0 Å². The van der Waals surface area contributed by atoms with E-state index in [-0.39, 0.29) is 0 Å². The molecule has 2 nitrogen and oxygen atoms in total. The van der Waals surface area contributed by atoms with Crippen molar-refractivity contribution in [1.82, 2.24) is 4.98 Å². The first-order chi connectivity index (χ1) is 8.00. The summed E-state index contributed by atoms with van der Waals surface area (Å²) in [6, 6.07) is 0. The fourth-order valence-corrected chi connectivity index (χ4v) is 2.26. The lowest BCUT2D eigenvalue weighted by Gasteiger charge is -2.01. The number of rotatable bonds is 1. The van der Waals surface area contributed by atoms with E-state index in [0.717, 1.165) is 6.54 Å². The maximum Gasteiger partial charge on any atom is 0.0956 e. The van der Waals surface area contributed by atoms with Crippen LogP contribution >= 0.6 is 11.3 Å². The van der Waals surface area contributed by atoms with Gasteiger partial charge in [-0.2, -0.15) is 0 Å². The zero-order chi connectivity index (χ0) is 12.8. The second-order valence-electron chi connectivity index (χ2n) is 4.72. The molecule has 0 N–H and O–H groups in total. The third-order valence-corrected chi connectivity index (χ3v) is 3.94.